The van der Waals surface area contributed by atoms with Gasteiger partial charge in [-0.15, -0.1) is 0 Å². The van der Waals surface area contributed by atoms with Crippen LogP contribution in [0.5, 0.6) is 0 Å². The summed E-state index contributed by atoms with van der Waals surface area (Å²) in [7, 11) is -2.06. The molecule has 0 radical (unpaired) electrons. The van der Waals surface area contributed by atoms with E-state index in [0.717, 1.165) is 0 Å². The van der Waals surface area contributed by atoms with E-state index in [1.807, 2.05) is 0 Å². The Hall–Kier alpha value is -2.07. The predicted octanol–water partition coefficient (Wildman–Crippen LogP) is 2.32. The van der Waals surface area contributed by atoms with Crippen LogP contribution in [0.2, 0.25) is 0 Å². The molecule has 1 aliphatic rings. The molecule has 0 spiro atoms. The average Bonchev–Trinajstić information content (AvgIpc) is 2.92. The molecule has 28 heavy (non-hydrogen) atoms. The maximum atomic E-state index is 13.7. The fourth-order valence-corrected chi connectivity index (χ4v) is 5.31. The molecule has 1 fully saturated rings. The number of fused-ring (bicyclic) bond motifs is 3. The van der Waals surface area contributed by atoms with E-state index >= 15 is 0 Å². The van der Waals surface area contributed by atoms with E-state index in [1.54, 1.807) is 16.7 Å². The number of nitrogens with zero attached hydrogens (tertiary/aromatic N) is 3. The molecule has 0 saturated carbocycles. The van der Waals surface area contributed by atoms with Gasteiger partial charge in [-0.05, 0) is 42.8 Å². The summed E-state index contributed by atoms with van der Waals surface area (Å²) in [5, 5.41) is 11.7. The summed E-state index contributed by atoms with van der Waals surface area (Å²) in [6.07, 6.45) is -0.286. The van der Waals surface area contributed by atoms with Gasteiger partial charge in [0.2, 0.25) is 0 Å². The van der Waals surface area contributed by atoms with Crippen molar-refractivity contribution in [2.75, 3.05) is 26.7 Å². The molecule has 0 amide bonds. The summed E-state index contributed by atoms with van der Waals surface area (Å²) >= 11 is 0. The number of aliphatic hydroxyl groups is 1. The van der Waals surface area contributed by atoms with Crippen LogP contribution in [-0.4, -0.2) is 59.5 Å². The zero-order chi connectivity index (χ0) is 20.1. The standard InChI is InChI=1S/C19H21F2N3O3S/c1-22-7-2-8-23(28(22,26)27)11-15(25)12-24-18-5-3-13(20)9-16(18)17-10-14(21)4-6-19(17)24/h3-6,9-10,15,25H,2,7-8,11-12H2,1H3. The van der Waals surface area contributed by atoms with Gasteiger partial charge in [-0.3, -0.25) is 0 Å². The first kappa shape index (κ1) is 19.3. The molecular formula is C19H21F2N3O3S. The summed E-state index contributed by atoms with van der Waals surface area (Å²) in [5.74, 6) is -0.863. The van der Waals surface area contributed by atoms with Crippen LogP contribution < -0.4 is 0 Å². The van der Waals surface area contributed by atoms with E-state index in [1.165, 1.54) is 39.9 Å². The van der Waals surface area contributed by atoms with Crippen molar-refractivity contribution in [1.29, 1.82) is 0 Å². The first-order valence-electron chi connectivity index (χ1n) is 9.04. The van der Waals surface area contributed by atoms with E-state index in [4.69, 9.17) is 0 Å². The molecule has 3 aromatic rings. The third-order valence-corrected chi connectivity index (χ3v) is 7.15. The molecule has 2 aromatic carbocycles. The van der Waals surface area contributed by atoms with Crippen LogP contribution in [0.1, 0.15) is 6.42 Å². The minimum Gasteiger partial charge on any atom is -0.390 e. The summed E-state index contributed by atoms with van der Waals surface area (Å²) in [4.78, 5) is 0. The van der Waals surface area contributed by atoms with Gasteiger partial charge in [-0.25, -0.2) is 8.78 Å². The monoisotopic (exact) mass is 409 g/mol. The Morgan fingerprint density at radius 3 is 2.14 bits per heavy atom. The first-order valence-corrected chi connectivity index (χ1v) is 10.4. The fraction of sp³-hybridized carbons (Fsp3) is 0.368. The Morgan fingerprint density at radius 2 is 1.57 bits per heavy atom. The normalized spacial score (nSPS) is 19.4. The highest BCUT2D eigenvalue weighted by atomic mass is 32.2. The van der Waals surface area contributed by atoms with Crippen LogP contribution in [0.25, 0.3) is 21.8 Å². The van der Waals surface area contributed by atoms with Crippen LogP contribution in [-0.2, 0) is 16.8 Å². The highest BCUT2D eigenvalue weighted by Gasteiger charge is 2.32. The zero-order valence-corrected chi connectivity index (χ0v) is 16.2. The smallest absolute Gasteiger partial charge is 0.281 e. The second-order valence-corrected chi connectivity index (χ2v) is 9.16. The first-order chi connectivity index (χ1) is 13.3. The third kappa shape index (κ3) is 3.28. The molecule has 0 bridgehead atoms. The number of halogens is 2. The van der Waals surface area contributed by atoms with Gasteiger partial charge in [0.15, 0.2) is 0 Å². The molecule has 1 N–H and O–H groups in total. The molecule has 1 aliphatic heterocycles. The number of aliphatic hydroxyl groups excluding tert-OH is 1. The lowest BCUT2D eigenvalue weighted by molar-refractivity contribution is 0.123. The summed E-state index contributed by atoms with van der Waals surface area (Å²) in [6, 6.07) is 8.46. The highest BCUT2D eigenvalue weighted by Crippen LogP contribution is 2.30. The minimum absolute atomic E-state index is 0.0454. The van der Waals surface area contributed by atoms with Crippen molar-refractivity contribution < 1.29 is 22.3 Å². The number of benzene rings is 2. The van der Waals surface area contributed by atoms with Crippen molar-refractivity contribution in [3.63, 3.8) is 0 Å². The molecule has 0 aliphatic carbocycles. The van der Waals surface area contributed by atoms with Crippen LogP contribution in [0.4, 0.5) is 8.78 Å². The fourth-order valence-electron chi connectivity index (χ4n) is 3.83. The predicted molar refractivity (Wildman–Crippen MR) is 103 cm³/mol. The van der Waals surface area contributed by atoms with Gasteiger partial charge in [0, 0.05) is 48.5 Å². The van der Waals surface area contributed by atoms with Gasteiger partial charge in [-0.2, -0.15) is 17.0 Å². The van der Waals surface area contributed by atoms with Gasteiger partial charge in [0.1, 0.15) is 11.6 Å². The number of hydrogen-bond donors (Lipinski definition) is 1. The molecule has 9 heteroatoms. The number of rotatable bonds is 4. The topological polar surface area (TPSA) is 65.8 Å². The van der Waals surface area contributed by atoms with Crippen LogP contribution in [0, 0.1) is 11.6 Å². The van der Waals surface area contributed by atoms with E-state index in [0.29, 0.717) is 41.3 Å². The molecule has 1 atom stereocenters. The van der Waals surface area contributed by atoms with Crippen molar-refractivity contribution in [3.8, 4) is 0 Å². The summed E-state index contributed by atoms with van der Waals surface area (Å²) in [6.45, 7) is 0.871. The minimum atomic E-state index is -3.57. The Labute approximate surface area is 161 Å². The molecule has 1 unspecified atom stereocenters. The molecule has 6 nitrogen and oxygen atoms in total. The maximum absolute atomic E-state index is 13.7. The van der Waals surface area contributed by atoms with Crippen molar-refractivity contribution in [2.45, 2.75) is 19.1 Å². The largest absolute Gasteiger partial charge is 0.390 e. The second-order valence-electron chi connectivity index (χ2n) is 7.13. The van der Waals surface area contributed by atoms with E-state index in [-0.39, 0.29) is 13.1 Å². The molecule has 150 valence electrons. The summed E-state index contributed by atoms with van der Waals surface area (Å²) < 4.78 is 56.6. The van der Waals surface area contributed by atoms with Crippen LogP contribution in [0.3, 0.4) is 0 Å². The van der Waals surface area contributed by atoms with E-state index in [2.05, 4.69) is 0 Å². The van der Waals surface area contributed by atoms with Crippen molar-refractivity contribution >= 4 is 32.0 Å². The van der Waals surface area contributed by atoms with Crippen molar-refractivity contribution in [3.05, 3.63) is 48.0 Å². The molecule has 1 saturated heterocycles. The molecular weight excluding hydrogens is 388 g/mol. The quantitative estimate of drug-likeness (QED) is 0.719. The Morgan fingerprint density at radius 1 is 1.00 bits per heavy atom. The van der Waals surface area contributed by atoms with Crippen LogP contribution in [0.15, 0.2) is 36.4 Å². The number of β-amino-alcohol motifs (C(OH)–C–C–N with tert-alkyl or cyclic N) is 1. The van der Waals surface area contributed by atoms with Gasteiger partial charge >= 0.3 is 0 Å². The third-order valence-electron chi connectivity index (χ3n) is 5.20. The molecule has 1 aromatic heterocycles. The highest BCUT2D eigenvalue weighted by molar-refractivity contribution is 7.86. The van der Waals surface area contributed by atoms with E-state index in [9.17, 15) is 22.3 Å². The molecule has 4 rings (SSSR count). The lowest BCUT2D eigenvalue weighted by atomic mass is 10.1. The van der Waals surface area contributed by atoms with Gasteiger partial charge in [-0.1, -0.05) is 0 Å². The lowest BCUT2D eigenvalue weighted by Crippen LogP contribution is -2.50. The Bertz CT molecular complexity index is 1090. The number of hydrogen-bond acceptors (Lipinski definition) is 3. The maximum Gasteiger partial charge on any atom is 0.281 e. The lowest BCUT2D eigenvalue weighted by Gasteiger charge is -2.33. The van der Waals surface area contributed by atoms with Gasteiger partial charge in [0.25, 0.3) is 10.2 Å². The Balaban J connectivity index is 1.69. The average molecular weight is 409 g/mol. The van der Waals surface area contributed by atoms with Crippen LogP contribution >= 0.6 is 0 Å². The zero-order valence-electron chi connectivity index (χ0n) is 15.3. The van der Waals surface area contributed by atoms with E-state index < -0.39 is 27.9 Å². The van der Waals surface area contributed by atoms with Gasteiger partial charge < -0.3 is 9.67 Å². The summed E-state index contributed by atoms with van der Waals surface area (Å²) in [5.41, 5.74) is 1.30. The number of aromatic nitrogens is 1. The van der Waals surface area contributed by atoms with Crippen molar-refractivity contribution in [2.24, 2.45) is 0 Å². The SMILES string of the molecule is CN1CCCN(CC(O)Cn2c3ccc(F)cc3c3cc(F)ccc32)S1(=O)=O. The van der Waals surface area contributed by atoms with Gasteiger partial charge in [0.05, 0.1) is 12.6 Å². The second kappa shape index (κ2) is 7.07. The van der Waals surface area contributed by atoms with Crippen molar-refractivity contribution in [1.82, 2.24) is 13.2 Å². The molecule has 2 heterocycles. The Kier molecular flexibility index (Phi) is 4.86.